The average Bonchev–Trinajstić information content (AvgIpc) is 2.39. The quantitative estimate of drug-likeness (QED) is 0.706. The first-order chi connectivity index (χ1) is 8.75. The van der Waals surface area contributed by atoms with Crippen molar-refractivity contribution in [2.75, 3.05) is 0 Å². The van der Waals surface area contributed by atoms with E-state index in [1.54, 1.807) is 6.20 Å². The molecule has 3 nitrogen and oxygen atoms in total. The van der Waals surface area contributed by atoms with Crippen LogP contribution >= 0.6 is 0 Å². The van der Waals surface area contributed by atoms with Crippen LogP contribution in [0.4, 0.5) is 0 Å². The zero-order valence-corrected chi connectivity index (χ0v) is 9.97. The molecule has 0 aliphatic rings. The molecule has 0 aliphatic heterocycles. The molecule has 3 aromatic rings. The van der Waals surface area contributed by atoms with Crippen molar-refractivity contribution in [1.82, 2.24) is 9.97 Å². The minimum Gasteiger partial charge on any atom is -0.306 e. The first-order valence-electron chi connectivity index (χ1n) is 5.80. The first kappa shape index (κ1) is 10.7. The maximum absolute atomic E-state index is 12.1. The Bertz CT molecular complexity index is 775. The summed E-state index contributed by atoms with van der Waals surface area (Å²) in [5.41, 5.74) is 3.26. The molecule has 0 amide bonds. The van der Waals surface area contributed by atoms with Crippen molar-refractivity contribution in [2.24, 2.45) is 0 Å². The second kappa shape index (κ2) is 4.11. The van der Waals surface area contributed by atoms with Crippen molar-refractivity contribution in [3.05, 3.63) is 64.6 Å². The summed E-state index contributed by atoms with van der Waals surface area (Å²) in [6.07, 6.45) is 1.67. The predicted octanol–water partition coefficient (Wildman–Crippen LogP) is 2.90. The van der Waals surface area contributed by atoms with Gasteiger partial charge < -0.3 is 4.98 Å². The van der Waals surface area contributed by atoms with E-state index in [2.05, 4.69) is 9.97 Å². The topological polar surface area (TPSA) is 45.8 Å². The fourth-order valence-corrected chi connectivity index (χ4v) is 2.11. The third kappa shape index (κ3) is 1.70. The molecule has 3 heteroatoms. The average molecular weight is 236 g/mol. The summed E-state index contributed by atoms with van der Waals surface area (Å²) >= 11 is 0. The Balaban J connectivity index is 2.33. The number of aromatic amines is 1. The van der Waals surface area contributed by atoms with E-state index in [4.69, 9.17) is 0 Å². The SMILES string of the molecule is Cc1ccccc1-c1cc2cccnc2[nH]c1=O. The lowest BCUT2D eigenvalue weighted by molar-refractivity contribution is 1.23. The lowest BCUT2D eigenvalue weighted by Crippen LogP contribution is -2.09. The molecule has 0 fully saturated rings. The summed E-state index contributed by atoms with van der Waals surface area (Å²) in [6, 6.07) is 13.6. The number of aryl methyl sites for hydroxylation is 1. The molecule has 1 aromatic carbocycles. The van der Waals surface area contributed by atoms with Crippen LogP contribution in [0, 0.1) is 6.92 Å². The number of nitrogens with one attached hydrogen (secondary N) is 1. The summed E-state index contributed by atoms with van der Waals surface area (Å²) < 4.78 is 0. The van der Waals surface area contributed by atoms with Gasteiger partial charge in [-0.25, -0.2) is 4.98 Å². The van der Waals surface area contributed by atoms with Gasteiger partial charge in [-0.1, -0.05) is 24.3 Å². The van der Waals surface area contributed by atoms with Gasteiger partial charge in [0.05, 0.1) is 0 Å². The highest BCUT2D eigenvalue weighted by molar-refractivity contribution is 5.81. The molecule has 0 unspecified atom stereocenters. The molecular weight excluding hydrogens is 224 g/mol. The van der Waals surface area contributed by atoms with E-state index in [0.717, 1.165) is 16.5 Å². The van der Waals surface area contributed by atoms with Crippen LogP contribution in [0.1, 0.15) is 5.56 Å². The van der Waals surface area contributed by atoms with Crippen molar-refractivity contribution in [3.63, 3.8) is 0 Å². The van der Waals surface area contributed by atoms with Gasteiger partial charge in [-0.05, 0) is 36.2 Å². The van der Waals surface area contributed by atoms with E-state index in [1.807, 2.05) is 49.4 Å². The van der Waals surface area contributed by atoms with Crippen LogP contribution < -0.4 is 5.56 Å². The number of aromatic nitrogens is 2. The van der Waals surface area contributed by atoms with Crippen molar-refractivity contribution >= 4 is 11.0 Å². The van der Waals surface area contributed by atoms with E-state index in [1.165, 1.54) is 0 Å². The zero-order valence-electron chi connectivity index (χ0n) is 9.97. The van der Waals surface area contributed by atoms with Gasteiger partial charge in [0, 0.05) is 17.1 Å². The molecular formula is C15H12N2O. The largest absolute Gasteiger partial charge is 0.306 e. The van der Waals surface area contributed by atoms with Gasteiger partial charge in [0.1, 0.15) is 5.65 Å². The Labute approximate surface area is 104 Å². The second-order valence-electron chi connectivity index (χ2n) is 4.27. The molecule has 0 saturated heterocycles. The molecule has 2 aromatic heterocycles. The zero-order chi connectivity index (χ0) is 12.5. The molecule has 0 radical (unpaired) electrons. The normalized spacial score (nSPS) is 10.7. The summed E-state index contributed by atoms with van der Waals surface area (Å²) in [5, 5.41) is 0.940. The van der Waals surface area contributed by atoms with Gasteiger partial charge >= 0.3 is 0 Å². The van der Waals surface area contributed by atoms with Crippen LogP contribution in [0.5, 0.6) is 0 Å². The van der Waals surface area contributed by atoms with Crippen molar-refractivity contribution in [2.45, 2.75) is 6.92 Å². The number of hydrogen-bond donors (Lipinski definition) is 1. The third-order valence-electron chi connectivity index (χ3n) is 3.05. The maximum Gasteiger partial charge on any atom is 0.257 e. The standard InChI is InChI=1S/C15H12N2O/c1-10-5-2-3-7-12(10)13-9-11-6-4-8-16-14(11)17-15(13)18/h2-9H,1H3,(H,16,17,18). The summed E-state index contributed by atoms with van der Waals surface area (Å²) in [6.45, 7) is 2.00. The van der Waals surface area contributed by atoms with E-state index in [0.29, 0.717) is 11.2 Å². The number of H-pyrrole nitrogens is 1. The summed E-state index contributed by atoms with van der Waals surface area (Å²) in [5.74, 6) is 0. The van der Waals surface area contributed by atoms with Crippen molar-refractivity contribution in [1.29, 1.82) is 0 Å². The Kier molecular flexibility index (Phi) is 2.45. The smallest absolute Gasteiger partial charge is 0.257 e. The van der Waals surface area contributed by atoms with Gasteiger partial charge in [-0.3, -0.25) is 4.79 Å². The van der Waals surface area contributed by atoms with E-state index < -0.39 is 0 Å². The molecule has 0 aliphatic carbocycles. The first-order valence-corrected chi connectivity index (χ1v) is 5.80. The number of benzene rings is 1. The number of pyridine rings is 2. The summed E-state index contributed by atoms with van der Waals surface area (Å²) in [7, 11) is 0. The van der Waals surface area contributed by atoms with Gasteiger partial charge in [-0.2, -0.15) is 0 Å². The van der Waals surface area contributed by atoms with Crippen LogP contribution in [0.25, 0.3) is 22.2 Å². The number of nitrogens with zero attached hydrogens (tertiary/aromatic N) is 1. The van der Waals surface area contributed by atoms with Crippen LogP contribution in [0.3, 0.4) is 0 Å². The van der Waals surface area contributed by atoms with Crippen molar-refractivity contribution < 1.29 is 0 Å². The van der Waals surface area contributed by atoms with E-state index in [9.17, 15) is 4.79 Å². The van der Waals surface area contributed by atoms with Crippen LogP contribution in [0.15, 0.2) is 53.5 Å². The predicted molar refractivity (Wildman–Crippen MR) is 72.5 cm³/mol. The Hall–Kier alpha value is -2.42. The Morgan fingerprint density at radius 2 is 1.89 bits per heavy atom. The highest BCUT2D eigenvalue weighted by Gasteiger charge is 2.07. The Morgan fingerprint density at radius 1 is 1.06 bits per heavy atom. The number of rotatable bonds is 1. The molecule has 0 spiro atoms. The monoisotopic (exact) mass is 236 g/mol. The molecule has 0 atom stereocenters. The fraction of sp³-hybridized carbons (Fsp3) is 0.0667. The number of fused-ring (bicyclic) bond motifs is 1. The van der Waals surface area contributed by atoms with E-state index >= 15 is 0 Å². The molecule has 2 heterocycles. The van der Waals surface area contributed by atoms with Crippen LogP contribution in [-0.2, 0) is 0 Å². The van der Waals surface area contributed by atoms with Gasteiger partial charge in [0.2, 0.25) is 0 Å². The Morgan fingerprint density at radius 3 is 2.72 bits per heavy atom. The third-order valence-corrected chi connectivity index (χ3v) is 3.05. The molecule has 88 valence electrons. The van der Waals surface area contributed by atoms with Gasteiger partial charge in [-0.15, -0.1) is 0 Å². The highest BCUT2D eigenvalue weighted by atomic mass is 16.1. The van der Waals surface area contributed by atoms with Gasteiger partial charge in [0.25, 0.3) is 5.56 Å². The fourth-order valence-electron chi connectivity index (χ4n) is 2.11. The molecule has 18 heavy (non-hydrogen) atoms. The minimum atomic E-state index is -0.101. The van der Waals surface area contributed by atoms with Crippen molar-refractivity contribution in [3.8, 4) is 11.1 Å². The lowest BCUT2D eigenvalue weighted by atomic mass is 10.0. The minimum absolute atomic E-state index is 0.101. The molecule has 3 rings (SSSR count). The molecule has 0 bridgehead atoms. The molecule has 0 saturated carbocycles. The number of hydrogen-bond acceptors (Lipinski definition) is 2. The van der Waals surface area contributed by atoms with Crippen LogP contribution in [-0.4, -0.2) is 9.97 Å². The second-order valence-corrected chi connectivity index (χ2v) is 4.27. The maximum atomic E-state index is 12.1. The molecule has 1 N–H and O–H groups in total. The van der Waals surface area contributed by atoms with Gasteiger partial charge in [0.15, 0.2) is 0 Å². The van der Waals surface area contributed by atoms with Crippen LogP contribution in [0.2, 0.25) is 0 Å². The van der Waals surface area contributed by atoms with E-state index in [-0.39, 0.29) is 5.56 Å². The lowest BCUT2D eigenvalue weighted by Gasteiger charge is -2.05. The summed E-state index contributed by atoms with van der Waals surface area (Å²) in [4.78, 5) is 19.1. The highest BCUT2D eigenvalue weighted by Crippen LogP contribution is 2.21.